The Morgan fingerprint density at radius 3 is 1.91 bits per heavy atom. The van der Waals surface area contributed by atoms with Crippen LogP contribution in [0.15, 0.2) is 140 Å². The molecule has 2 N–H and O–H groups in total. The van der Waals surface area contributed by atoms with Crippen LogP contribution in [0.5, 0.6) is 5.75 Å². The van der Waals surface area contributed by atoms with Gasteiger partial charge in [-0.25, -0.2) is 4.79 Å². The van der Waals surface area contributed by atoms with Gasteiger partial charge in [-0.05, 0) is 41.0 Å². The number of anilines is 1. The lowest BCUT2D eigenvalue weighted by Crippen LogP contribution is -2.35. The Hall–Kier alpha value is -5.69. The van der Waals surface area contributed by atoms with Crippen LogP contribution < -0.4 is 10.1 Å². The first kappa shape index (κ1) is 31.7. The third-order valence-electron chi connectivity index (χ3n) is 7.60. The van der Waals surface area contributed by atoms with Gasteiger partial charge in [0.05, 0.1) is 13.0 Å². The molecule has 0 bridgehead atoms. The predicted octanol–water partition coefficient (Wildman–Crippen LogP) is 6.68. The first-order valence-electron chi connectivity index (χ1n) is 15.2. The molecule has 1 atom stereocenters. The third-order valence-corrected chi connectivity index (χ3v) is 7.60. The van der Waals surface area contributed by atoms with Gasteiger partial charge in [-0.3, -0.25) is 9.59 Å². The second-order valence-electron chi connectivity index (χ2n) is 10.9. The Morgan fingerprint density at radius 1 is 0.674 bits per heavy atom. The minimum Gasteiger partial charge on any atom is -0.492 e. The van der Waals surface area contributed by atoms with E-state index in [-0.39, 0.29) is 18.1 Å². The van der Waals surface area contributed by atoms with E-state index < -0.39 is 12.0 Å². The zero-order chi connectivity index (χ0) is 32.1. The molecule has 5 aromatic rings. The van der Waals surface area contributed by atoms with Crippen LogP contribution in [-0.2, 0) is 29.0 Å². The van der Waals surface area contributed by atoms with Crippen LogP contribution in [0, 0.1) is 0 Å². The Bertz CT molecular complexity index is 1730. The first-order chi connectivity index (χ1) is 22.5. The van der Waals surface area contributed by atoms with Crippen molar-refractivity contribution in [3.8, 4) is 5.75 Å². The standard InChI is InChI=1S/C39H36N2O5/c42-37(27-29-12-4-1-5-13-29)41(28-31-14-6-2-7-15-31)24-25-46-33-22-20-30(21-23-33)26-36(39(44)45)40-35-19-11-10-18-34(35)38(43)32-16-8-3-9-17-32/h1-23,36,40H,24-28H2,(H,44,45)/t36-/m0/s1. The zero-order valence-electron chi connectivity index (χ0n) is 25.4. The van der Waals surface area contributed by atoms with Crippen molar-refractivity contribution in [2.75, 3.05) is 18.5 Å². The number of hydrogen-bond donors (Lipinski definition) is 2. The molecule has 232 valence electrons. The maximum atomic E-state index is 13.2. The fourth-order valence-electron chi connectivity index (χ4n) is 5.15. The van der Waals surface area contributed by atoms with Gasteiger partial charge in [0.1, 0.15) is 18.4 Å². The fraction of sp³-hybridized carbons (Fsp3) is 0.154. The van der Waals surface area contributed by atoms with Gasteiger partial charge in [0.25, 0.3) is 0 Å². The number of carboxylic acids is 1. The monoisotopic (exact) mass is 612 g/mol. The number of hydrogen-bond acceptors (Lipinski definition) is 5. The summed E-state index contributed by atoms with van der Waals surface area (Å²) in [5, 5.41) is 13.1. The second-order valence-corrected chi connectivity index (χ2v) is 10.9. The van der Waals surface area contributed by atoms with Gasteiger partial charge in [0.15, 0.2) is 5.78 Å². The van der Waals surface area contributed by atoms with E-state index >= 15 is 0 Å². The summed E-state index contributed by atoms with van der Waals surface area (Å²) >= 11 is 0. The minimum atomic E-state index is -1.03. The maximum absolute atomic E-state index is 13.2. The molecular weight excluding hydrogens is 576 g/mol. The Morgan fingerprint density at radius 2 is 1.26 bits per heavy atom. The third kappa shape index (κ3) is 8.92. The van der Waals surface area contributed by atoms with Crippen molar-refractivity contribution >= 4 is 23.3 Å². The number of ether oxygens (including phenoxy) is 1. The lowest BCUT2D eigenvalue weighted by Gasteiger charge is -2.23. The predicted molar refractivity (Wildman–Crippen MR) is 179 cm³/mol. The zero-order valence-corrected chi connectivity index (χ0v) is 25.4. The lowest BCUT2D eigenvalue weighted by atomic mass is 10.00. The van der Waals surface area contributed by atoms with Gasteiger partial charge in [0.2, 0.25) is 5.91 Å². The molecule has 0 saturated heterocycles. The summed E-state index contributed by atoms with van der Waals surface area (Å²) in [5.74, 6) is -0.565. The number of nitrogens with one attached hydrogen (secondary N) is 1. The number of nitrogens with zero attached hydrogens (tertiary/aromatic N) is 1. The summed E-state index contributed by atoms with van der Waals surface area (Å²) in [6.45, 7) is 1.20. The molecule has 0 aliphatic carbocycles. The quantitative estimate of drug-likeness (QED) is 0.128. The molecule has 0 spiro atoms. The Kier molecular flexibility index (Phi) is 10.9. The van der Waals surface area contributed by atoms with E-state index in [0.29, 0.717) is 48.7 Å². The van der Waals surface area contributed by atoms with Gasteiger partial charge in [-0.15, -0.1) is 0 Å². The second kappa shape index (κ2) is 15.9. The minimum absolute atomic E-state index is 0.0215. The van der Waals surface area contributed by atoms with Crippen LogP contribution in [0.25, 0.3) is 0 Å². The SMILES string of the molecule is O=C(c1ccccc1)c1ccccc1N[C@@H](Cc1ccc(OCCN(Cc2ccccc2)C(=O)Cc2ccccc2)cc1)C(=O)O. The van der Waals surface area contributed by atoms with Crippen LogP contribution in [-0.4, -0.2) is 46.9 Å². The summed E-state index contributed by atoms with van der Waals surface area (Å²) in [7, 11) is 0. The van der Waals surface area contributed by atoms with Gasteiger partial charge < -0.3 is 20.1 Å². The fourth-order valence-corrected chi connectivity index (χ4v) is 5.15. The van der Waals surface area contributed by atoms with E-state index in [0.717, 1.165) is 16.7 Å². The van der Waals surface area contributed by atoms with Crippen molar-refractivity contribution in [2.24, 2.45) is 0 Å². The molecule has 0 aromatic heterocycles. The van der Waals surface area contributed by atoms with E-state index in [9.17, 15) is 19.5 Å². The highest BCUT2D eigenvalue weighted by Crippen LogP contribution is 2.22. The van der Waals surface area contributed by atoms with Crippen molar-refractivity contribution in [1.82, 2.24) is 4.90 Å². The number of carbonyl (C=O) groups excluding carboxylic acids is 2. The largest absolute Gasteiger partial charge is 0.492 e. The number of amides is 1. The summed E-state index contributed by atoms with van der Waals surface area (Å²) in [5.41, 5.74) is 4.20. The van der Waals surface area contributed by atoms with Crippen molar-refractivity contribution in [3.63, 3.8) is 0 Å². The highest BCUT2D eigenvalue weighted by Gasteiger charge is 2.21. The Balaban J connectivity index is 1.19. The van der Waals surface area contributed by atoms with Gasteiger partial charge in [-0.1, -0.05) is 115 Å². The number of para-hydroxylation sites is 1. The van der Waals surface area contributed by atoms with E-state index in [1.54, 1.807) is 65.6 Å². The highest BCUT2D eigenvalue weighted by atomic mass is 16.5. The van der Waals surface area contributed by atoms with Crippen LogP contribution in [0.1, 0.15) is 32.6 Å². The van der Waals surface area contributed by atoms with E-state index in [4.69, 9.17) is 4.74 Å². The summed E-state index contributed by atoms with van der Waals surface area (Å²) < 4.78 is 6.00. The van der Waals surface area contributed by atoms with Gasteiger partial charge in [-0.2, -0.15) is 0 Å². The van der Waals surface area contributed by atoms with Crippen molar-refractivity contribution < 1.29 is 24.2 Å². The molecule has 7 nitrogen and oxygen atoms in total. The highest BCUT2D eigenvalue weighted by molar-refractivity contribution is 6.12. The normalized spacial score (nSPS) is 11.3. The molecule has 0 unspecified atom stereocenters. The number of rotatable bonds is 15. The van der Waals surface area contributed by atoms with Crippen LogP contribution in [0.2, 0.25) is 0 Å². The van der Waals surface area contributed by atoms with Crippen LogP contribution >= 0.6 is 0 Å². The maximum Gasteiger partial charge on any atom is 0.326 e. The molecule has 0 saturated carbocycles. The molecule has 5 rings (SSSR count). The molecule has 0 radical (unpaired) electrons. The number of aliphatic carboxylic acids is 1. The molecule has 1 amide bonds. The van der Waals surface area contributed by atoms with Crippen molar-refractivity contribution in [1.29, 1.82) is 0 Å². The number of carboxylic acid groups (broad SMARTS) is 1. The molecule has 7 heteroatoms. The van der Waals surface area contributed by atoms with Gasteiger partial charge in [0, 0.05) is 29.8 Å². The molecule has 0 aliphatic rings. The number of carbonyl (C=O) groups is 3. The van der Waals surface area contributed by atoms with Crippen molar-refractivity contribution in [3.05, 3.63) is 167 Å². The van der Waals surface area contributed by atoms with E-state index in [2.05, 4.69) is 5.32 Å². The molecule has 0 fully saturated rings. The van der Waals surface area contributed by atoms with E-state index in [1.807, 2.05) is 78.9 Å². The topological polar surface area (TPSA) is 95.9 Å². The smallest absolute Gasteiger partial charge is 0.326 e. The average Bonchev–Trinajstić information content (AvgIpc) is 3.09. The molecule has 5 aromatic carbocycles. The van der Waals surface area contributed by atoms with Gasteiger partial charge >= 0.3 is 5.97 Å². The molecule has 0 heterocycles. The first-order valence-corrected chi connectivity index (χ1v) is 15.2. The average molecular weight is 613 g/mol. The molecular formula is C39H36N2O5. The van der Waals surface area contributed by atoms with Crippen molar-refractivity contribution in [2.45, 2.75) is 25.4 Å². The molecule has 0 aliphatic heterocycles. The molecule has 46 heavy (non-hydrogen) atoms. The van der Waals surface area contributed by atoms with Crippen LogP contribution in [0.4, 0.5) is 5.69 Å². The number of benzene rings is 5. The summed E-state index contributed by atoms with van der Waals surface area (Å²) in [6, 6.07) is 41.7. The Labute approximate surface area is 269 Å². The summed E-state index contributed by atoms with van der Waals surface area (Å²) in [6.07, 6.45) is 0.508. The van der Waals surface area contributed by atoms with E-state index in [1.165, 1.54) is 0 Å². The lowest BCUT2D eigenvalue weighted by molar-refractivity contribution is -0.138. The summed E-state index contributed by atoms with van der Waals surface area (Å²) in [4.78, 5) is 40.4. The number of ketones is 1. The van der Waals surface area contributed by atoms with Crippen LogP contribution in [0.3, 0.4) is 0 Å².